The quantitative estimate of drug-likeness (QED) is 0.592. The van der Waals surface area contributed by atoms with Crippen LogP contribution < -0.4 is 10.6 Å². The van der Waals surface area contributed by atoms with Gasteiger partial charge in [0.1, 0.15) is 5.76 Å². The molecular formula is C18H30N6O. The Balaban J connectivity index is 1.90. The predicted molar refractivity (Wildman–Crippen MR) is 99.8 cm³/mol. The lowest BCUT2D eigenvalue weighted by atomic mass is 10.1. The van der Waals surface area contributed by atoms with E-state index in [0.29, 0.717) is 6.54 Å². The van der Waals surface area contributed by atoms with Crippen LogP contribution in [0.5, 0.6) is 0 Å². The van der Waals surface area contributed by atoms with Crippen LogP contribution >= 0.6 is 0 Å². The Kier molecular flexibility index (Phi) is 6.61. The lowest BCUT2D eigenvalue weighted by molar-refractivity contribution is 0.380. The second-order valence-corrected chi connectivity index (χ2v) is 6.11. The largest absolute Gasteiger partial charge is 0.361 e. The van der Waals surface area contributed by atoms with E-state index in [4.69, 9.17) is 4.52 Å². The molecule has 0 bridgehead atoms. The zero-order valence-electron chi connectivity index (χ0n) is 16.2. The molecule has 0 spiro atoms. The number of aryl methyl sites for hydroxylation is 4. The molecule has 25 heavy (non-hydrogen) atoms. The normalized spacial score (nSPS) is 11.8. The lowest BCUT2D eigenvalue weighted by Gasteiger charge is -2.12. The third kappa shape index (κ3) is 4.41. The summed E-state index contributed by atoms with van der Waals surface area (Å²) in [6.45, 7) is 9.80. The molecule has 2 aromatic rings. The van der Waals surface area contributed by atoms with Gasteiger partial charge in [0.2, 0.25) is 0 Å². The zero-order chi connectivity index (χ0) is 18.4. The Labute approximate surface area is 149 Å². The number of nitrogens with one attached hydrogen (secondary N) is 2. The van der Waals surface area contributed by atoms with E-state index in [1.165, 1.54) is 11.3 Å². The van der Waals surface area contributed by atoms with Crippen LogP contribution in [0.4, 0.5) is 0 Å². The average Bonchev–Trinajstić information content (AvgIpc) is 3.12. The number of nitrogens with zero attached hydrogens (tertiary/aromatic N) is 4. The molecule has 7 nitrogen and oxygen atoms in total. The van der Waals surface area contributed by atoms with E-state index >= 15 is 0 Å². The standard InChI is InChI=1S/C18H30N6O/c1-7-16-15(17(8-2)25-23-16)11-21-18(19-5)20-10-9-14-12(3)22-24(6)13(14)4/h7-11H2,1-6H3,(H2,19,20,21). The summed E-state index contributed by atoms with van der Waals surface area (Å²) >= 11 is 0. The Morgan fingerprint density at radius 2 is 1.92 bits per heavy atom. The van der Waals surface area contributed by atoms with E-state index in [9.17, 15) is 0 Å². The van der Waals surface area contributed by atoms with Gasteiger partial charge in [0, 0.05) is 44.9 Å². The molecule has 7 heteroatoms. The van der Waals surface area contributed by atoms with E-state index in [1.807, 2.05) is 11.7 Å². The molecule has 0 aliphatic carbocycles. The van der Waals surface area contributed by atoms with Crippen molar-refractivity contribution in [2.75, 3.05) is 13.6 Å². The van der Waals surface area contributed by atoms with E-state index < -0.39 is 0 Å². The van der Waals surface area contributed by atoms with Gasteiger partial charge in [-0.25, -0.2) is 0 Å². The summed E-state index contributed by atoms with van der Waals surface area (Å²) in [7, 11) is 3.76. The minimum absolute atomic E-state index is 0.667. The van der Waals surface area contributed by atoms with Crippen molar-refractivity contribution in [3.05, 3.63) is 34.0 Å². The van der Waals surface area contributed by atoms with Gasteiger partial charge in [-0.05, 0) is 32.3 Å². The number of rotatable bonds is 7. The molecule has 0 saturated carbocycles. The van der Waals surface area contributed by atoms with E-state index in [0.717, 1.165) is 54.5 Å². The number of aromatic nitrogens is 3. The third-order valence-corrected chi connectivity index (χ3v) is 4.59. The molecule has 2 rings (SSSR count). The first-order valence-corrected chi connectivity index (χ1v) is 8.91. The first kappa shape index (κ1) is 19.0. The summed E-state index contributed by atoms with van der Waals surface area (Å²) in [6.07, 6.45) is 2.63. The molecule has 0 aliphatic rings. The van der Waals surface area contributed by atoms with Crippen molar-refractivity contribution in [2.45, 2.75) is 53.5 Å². The fourth-order valence-electron chi connectivity index (χ4n) is 3.02. The highest BCUT2D eigenvalue weighted by Gasteiger charge is 2.14. The van der Waals surface area contributed by atoms with Crippen molar-refractivity contribution in [3.8, 4) is 0 Å². The monoisotopic (exact) mass is 346 g/mol. The van der Waals surface area contributed by atoms with Crippen molar-refractivity contribution in [1.82, 2.24) is 25.6 Å². The van der Waals surface area contributed by atoms with Crippen LogP contribution in [0.25, 0.3) is 0 Å². The minimum Gasteiger partial charge on any atom is -0.361 e. The Hall–Kier alpha value is -2.31. The Bertz CT molecular complexity index is 707. The SMILES string of the molecule is CCc1noc(CC)c1CNC(=NC)NCCc1c(C)nn(C)c1C. The highest BCUT2D eigenvalue weighted by molar-refractivity contribution is 5.79. The van der Waals surface area contributed by atoms with Crippen LogP contribution in [0.3, 0.4) is 0 Å². The average molecular weight is 346 g/mol. The minimum atomic E-state index is 0.667. The van der Waals surface area contributed by atoms with Crippen LogP contribution in [0.2, 0.25) is 0 Å². The fourth-order valence-corrected chi connectivity index (χ4v) is 3.02. The van der Waals surface area contributed by atoms with Crippen LogP contribution in [-0.2, 0) is 32.9 Å². The van der Waals surface area contributed by atoms with E-state index in [-0.39, 0.29) is 0 Å². The first-order valence-electron chi connectivity index (χ1n) is 8.91. The summed E-state index contributed by atoms with van der Waals surface area (Å²) in [5, 5.41) is 15.3. The summed E-state index contributed by atoms with van der Waals surface area (Å²) in [5.74, 6) is 1.73. The maximum absolute atomic E-state index is 5.41. The van der Waals surface area contributed by atoms with Crippen molar-refractivity contribution in [2.24, 2.45) is 12.0 Å². The van der Waals surface area contributed by atoms with Crippen LogP contribution in [0.1, 0.15) is 47.8 Å². The Morgan fingerprint density at radius 3 is 2.48 bits per heavy atom. The van der Waals surface area contributed by atoms with Gasteiger partial charge in [-0.15, -0.1) is 0 Å². The zero-order valence-corrected chi connectivity index (χ0v) is 16.2. The lowest BCUT2D eigenvalue weighted by Crippen LogP contribution is -2.38. The maximum Gasteiger partial charge on any atom is 0.191 e. The van der Waals surface area contributed by atoms with E-state index in [1.54, 1.807) is 7.05 Å². The number of aliphatic imine (C=N–C) groups is 1. The van der Waals surface area contributed by atoms with Gasteiger partial charge >= 0.3 is 0 Å². The molecule has 0 fully saturated rings. The summed E-state index contributed by atoms with van der Waals surface area (Å²) < 4.78 is 7.34. The van der Waals surface area contributed by atoms with Gasteiger partial charge in [-0.1, -0.05) is 19.0 Å². The second kappa shape index (κ2) is 8.69. The molecule has 0 aliphatic heterocycles. The topological polar surface area (TPSA) is 80.3 Å². The van der Waals surface area contributed by atoms with Crippen molar-refractivity contribution in [3.63, 3.8) is 0 Å². The van der Waals surface area contributed by atoms with Crippen molar-refractivity contribution in [1.29, 1.82) is 0 Å². The molecular weight excluding hydrogens is 316 g/mol. The number of hydrogen-bond donors (Lipinski definition) is 2. The number of hydrogen-bond acceptors (Lipinski definition) is 4. The van der Waals surface area contributed by atoms with Crippen molar-refractivity contribution < 1.29 is 4.52 Å². The van der Waals surface area contributed by atoms with Gasteiger partial charge in [0.15, 0.2) is 5.96 Å². The second-order valence-electron chi connectivity index (χ2n) is 6.11. The number of guanidine groups is 1. The molecule has 138 valence electrons. The highest BCUT2D eigenvalue weighted by Crippen LogP contribution is 2.15. The maximum atomic E-state index is 5.41. The summed E-state index contributed by atoms with van der Waals surface area (Å²) in [5.41, 5.74) is 5.76. The molecule has 0 radical (unpaired) electrons. The van der Waals surface area contributed by atoms with Crippen LogP contribution in [0, 0.1) is 13.8 Å². The predicted octanol–water partition coefficient (Wildman–Crippen LogP) is 2.06. The molecule has 0 aromatic carbocycles. The molecule has 2 N–H and O–H groups in total. The molecule has 2 heterocycles. The molecule has 0 saturated heterocycles. The third-order valence-electron chi connectivity index (χ3n) is 4.59. The first-order chi connectivity index (χ1) is 12.0. The van der Waals surface area contributed by atoms with Gasteiger partial charge in [-0.2, -0.15) is 5.10 Å². The fraction of sp³-hybridized carbons (Fsp3) is 0.611. The van der Waals surface area contributed by atoms with E-state index in [2.05, 4.69) is 53.6 Å². The summed E-state index contributed by atoms with van der Waals surface area (Å²) in [4.78, 5) is 4.30. The molecule has 0 amide bonds. The van der Waals surface area contributed by atoms with Gasteiger partial charge in [-0.3, -0.25) is 9.67 Å². The molecule has 0 atom stereocenters. The summed E-state index contributed by atoms with van der Waals surface area (Å²) in [6, 6.07) is 0. The van der Waals surface area contributed by atoms with Gasteiger partial charge in [0.05, 0.1) is 11.4 Å². The molecule has 2 aromatic heterocycles. The van der Waals surface area contributed by atoms with Crippen molar-refractivity contribution >= 4 is 5.96 Å². The Morgan fingerprint density at radius 1 is 1.16 bits per heavy atom. The van der Waals surface area contributed by atoms with Gasteiger partial charge in [0.25, 0.3) is 0 Å². The molecule has 0 unspecified atom stereocenters. The van der Waals surface area contributed by atoms with Crippen LogP contribution in [0.15, 0.2) is 9.52 Å². The van der Waals surface area contributed by atoms with Crippen LogP contribution in [-0.4, -0.2) is 34.5 Å². The van der Waals surface area contributed by atoms with Gasteiger partial charge < -0.3 is 15.2 Å². The smallest absolute Gasteiger partial charge is 0.191 e. The highest BCUT2D eigenvalue weighted by atomic mass is 16.5.